The van der Waals surface area contributed by atoms with Gasteiger partial charge in [-0.25, -0.2) is 0 Å². The molecule has 2 aromatic carbocycles. The molecular formula is C23H27ClN2OS. The van der Waals surface area contributed by atoms with Crippen LogP contribution in [-0.2, 0) is 17.1 Å². The minimum Gasteiger partial charge on any atom is -0.337 e. The number of halogens is 1. The highest BCUT2D eigenvalue weighted by atomic mass is 35.5. The van der Waals surface area contributed by atoms with E-state index in [2.05, 4.69) is 56.7 Å². The maximum Gasteiger partial charge on any atom is 0.242 e. The van der Waals surface area contributed by atoms with Gasteiger partial charge in [0.1, 0.15) is 6.54 Å². The number of thioether (sulfide) groups is 1. The molecule has 1 aromatic heterocycles. The summed E-state index contributed by atoms with van der Waals surface area (Å²) in [5.74, 6) is 0.990. The smallest absolute Gasteiger partial charge is 0.242 e. The Kier molecular flexibility index (Phi) is 6.73. The Morgan fingerprint density at radius 2 is 1.79 bits per heavy atom. The summed E-state index contributed by atoms with van der Waals surface area (Å²) < 4.78 is 2.08. The summed E-state index contributed by atoms with van der Waals surface area (Å²) in [5, 5.41) is 1.94. The standard InChI is InChI=1S/C23H27ClN2OS/c1-16(2)26(17(3)4)23(27)14-25-13-22(20-10-5-6-11-21(20)25)28-15-18-8-7-9-19(24)12-18/h5-13,16-17H,14-15H2,1-4H3. The van der Waals surface area contributed by atoms with Crippen LogP contribution in [0.15, 0.2) is 59.6 Å². The highest BCUT2D eigenvalue weighted by molar-refractivity contribution is 7.98. The fourth-order valence-electron chi connectivity index (χ4n) is 3.65. The number of nitrogens with zero attached hydrogens (tertiary/aromatic N) is 2. The predicted molar refractivity (Wildman–Crippen MR) is 120 cm³/mol. The number of amides is 1. The molecule has 28 heavy (non-hydrogen) atoms. The predicted octanol–water partition coefficient (Wildman–Crippen LogP) is 6.23. The average Bonchev–Trinajstić information content (AvgIpc) is 2.97. The Bertz CT molecular complexity index is 956. The van der Waals surface area contributed by atoms with Crippen LogP contribution in [0.4, 0.5) is 0 Å². The van der Waals surface area contributed by atoms with Crippen molar-refractivity contribution >= 4 is 40.2 Å². The minimum atomic E-state index is 0.150. The second-order valence-electron chi connectivity index (χ2n) is 7.55. The van der Waals surface area contributed by atoms with Crippen molar-refractivity contribution in [3.8, 4) is 0 Å². The molecule has 0 spiro atoms. The van der Waals surface area contributed by atoms with Gasteiger partial charge in [-0.1, -0.05) is 41.9 Å². The van der Waals surface area contributed by atoms with Crippen LogP contribution in [0.25, 0.3) is 10.9 Å². The number of fused-ring (bicyclic) bond motifs is 1. The number of para-hydroxylation sites is 1. The van der Waals surface area contributed by atoms with Crippen molar-refractivity contribution in [3.05, 3.63) is 65.3 Å². The number of aromatic nitrogens is 1. The first-order valence-electron chi connectivity index (χ1n) is 9.63. The summed E-state index contributed by atoms with van der Waals surface area (Å²) in [6, 6.07) is 16.6. The Labute approximate surface area is 176 Å². The number of hydrogen-bond acceptors (Lipinski definition) is 2. The third-order valence-corrected chi connectivity index (χ3v) is 6.09. The second kappa shape index (κ2) is 9.06. The molecule has 0 aliphatic carbocycles. The number of carbonyl (C=O) groups is 1. The van der Waals surface area contributed by atoms with Crippen LogP contribution in [0, 0.1) is 0 Å². The molecule has 3 nitrogen and oxygen atoms in total. The SMILES string of the molecule is CC(C)N(C(=O)Cn1cc(SCc2cccc(Cl)c2)c2ccccc21)C(C)C. The fourth-order valence-corrected chi connectivity index (χ4v) is 4.89. The Morgan fingerprint density at radius 1 is 1.07 bits per heavy atom. The van der Waals surface area contributed by atoms with E-state index in [1.807, 2.05) is 35.2 Å². The molecular weight excluding hydrogens is 388 g/mol. The maximum atomic E-state index is 12.9. The highest BCUT2D eigenvalue weighted by Gasteiger charge is 2.21. The molecule has 5 heteroatoms. The molecule has 0 radical (unpaired) electrons. The molecule has 0 saturated heterocycles. The normalized spacial score (nSPS) is 11.5. The van der Waals surface area contributed by atoms with E-state index in [0.29, 0.717) is 6.54 Å². The van der Waals surface area contributed by atoms with Gasteiger partial charge < -0.3 is 9.47 Å². The molecule has 148 valence electrons. The monoisotopic (exact) mass is 414 g/mol. The van der Waals surface area contributed by atoms with Crippen LogP contribution in [0.1, 0.15) is 33.3 Å². The first-order chi connectivity index (χ1) is 13.4. The fraction of sp³-hybridized carbons (Fsp3) is 0.348. The average molecular weight is 415 g/mol. The summed E-state index contributed by atoms with van der Waals surface area (Å²) in [7, 11) is 0. The van der Waals surface area contributed by atoms with Gasteiger partial charge in [-0.2, -0.15) is 0 Å². The first kappa shape index (κ1) is 20.8. The van der Waals surface area contributed by atoms with E-state index >= 15 is 0 Å². The maximum absolute atomic E-state index is 12.9. The molecule has 0 bridgehead atoms. The Morgan fingerprint density at radius 3 is 2.46 bits per heavy atom. The van der Waals surface area contributed by atoms with Crippen LogP contribution in [-0.4, -0.2) is 27.5 Å². The van der Waals surface area contributed by atoms with Gasteiger partial charge in [0.15, 0.2) is 0 Å². The van der Waals surface area contributed by atoms with Gasteiger partial charge in [-0.05, 0) is 51.5 Å². The number of hydrogen-bond donors (Lipinski definition) is 0. The van der Waals surface area contributed by atoms with Gasteiger partial charge in [0, 0.05) is 44.9 Å². The molecule has 0 aliphatic rings. The largest absolute Gasteiger partial charge is 0.337 e. The Hall–Kier alpha value is -1.91. The number of rotatable bonds is 7. The Balaban J connectivity index is 1.85. The summed E-state index contributed by atoms with van der Waals surface area (Å²) >= 11 is 7.88. The third-order valence-electron chi connectivity index (χ3n) is 4.74. The highest BCUT2D eigenvalue weighted by Crippen LogP contribution is 2.32. The van der Waals surface area contributed by atoms with Gasteiger partial charge in [0.2, 0.25) is 5.91 Å². The van der Waals surface area contributed by atoms with E-state index in [0.717, 1.165) is 16.3 Å². The van der Waals surface area contributed by atoms with E-state index in [1.54, 1.807) is 11.8 Å². The van der Waals surface area contributed by atoms with Crippen molar-refractivity contribution in [2.75, 3.05) is 0 Å². The number of benzene rings is 2. The molecule has 1 heterocycles. The summed E-state index contributed by atoms with van der Waals surface area (Å²) in [6.07, 6.45) is 2.11. The molecule has 1 amide bonds. The molecule has 0 N–H and O–H groups in total. The summed E-state index contributed by atoms with van der Waals surface area (Å²) in [5.41, 5.74) is 2.29. The molecule has 3 rings (SSSR count). The molecule has 3 aromatic rings. The van der Waals surface area contributed by atoms with E-state index in [-0.39, 0.29) is 18.0 Å². The van der Waals surface area contributed by atoms with Crippen molar-refractivity contribution in [1.29, 1.82) is 0 Å². The number of carbonyl (C=O) groups excluding carboxylic acids is 1. The lowest BCUT2D eigenvalue weighted by atomic mass is 10.2. The van der Waals surface area contributed by atoms with E-state index in [9.17, 15) is 4.79 Å². The van der Waals surface area contributed by atoms with Crippen molar-refractivity contribution in [3.63, 3.8) is 0 Å². The van der Waals surface area contributed by atoms with Crippen LogP contribution in [0.3, 0.4) is 0 Å². The van der Waals surface area contributed by atoms with E-state index < -0.39 is 0 Å². The molecule has 0 atom stereocenters. The van der Waals surface area contributed by atoms with Crippen molar-refractivity contribution in [1.82, 2.24) is 9.47 Å². The second-order valence-corrected chi connectivity index (χ2v) is 9.00. The van der Waals surface area contributed by atoms with Crippen LogP contribution in [0.2, 0.25) is 5.02 Å². The molecule has 0 unspecified atom stereocenters. The summed E-state index contributed by atoms with van der Waals surface area (Å²) in [6.45, 7) is 8.63. The topological polar surface area (TPSA) is 25.2 Å². The quantitative estimate of drug-likeness (QED) is 0.428. The van der Waals surface area contributed by atoms with Crippen LogP contribution in [0.5, 0.6) is 0 Å². The molecule has 0 fully saturated rings. The third kappa shape index (κ3) is 4.73. The zero-order chi connectivity index (χ0) is 20.3. The molecule has 0 saturated carbocycles. The lowest BCUT2D eigenvalue weighted by Crippen LogP contribution is -2.43. The van der Waals surface area contributed by atoms with E-state index in [4.69, 9.17) is 11.6 Å². The van der Waals surface area contributed by atoms with Gasteiger partial charge in [-0.3, -0.25) is 4.79 Å². The zero-order valence-corrected chi connectivity index (χ0v) is 18.4. The lowest BCUT2D eigenvalue weighted by molar-refractivity contribution is -0.135. The van der Waals surface area contributed by atoms with Gasteiger partial charge in [0.25, 0.3) is 0 Å². The lowest BCUT2D eigenvalue weighted by Gasteiger charge is -2.31. The van der Waals surface area contributed by atoms with Crippen LogP contribution < -0.4 is 0 Å². The van der Waals surface area contributed by atoms with Crippen molar-refractivity contribution < 1.29 is 4.79 Å². The zero-order valence-electron chi connectivity index (χ0n) is 16.9. The van der Waals surface area contributed by atoms with Crippen molar-refractivity contribution in [2.24, 2.45) is 0 Å². The minimum absolute atomic E-state index is 0.150. The summed E-state index contributed by atoms with van der Waals surface area (Å²) in [4.78, 5) is 16.1. The van der Waals surface area contributed by atoms with Gasteiger partial charge >= 0.3 is 0 Å². The van der Waals surface area contributed by atoms with Crippen LogP contribution >= 0.6 is 23.4 Å². The van der Waals surface area contributed by atoms with Crippen molar-refractivity contribution in [2.45, 2.75) is 57.0 Å². The molecule has 0 aliphatic heterocycles. The van der Waals surface area contributed by atoms with Gasteiger partial charge in [-0.15, -0.1) is 11.8 Å². The first-order valence-corrected chi connectivity index (χ1v) is 11.0. The van der Waals surface area contributed by atoms with E-state index in [1.165, 1.54) is 15.8 Å². The van der Waals surface area contributed by atoms with Gasteiger partial charge in [0.05, 0.1) is 0 Å².